The summed E-state index contributed by atoms with van der Waals surface area (Å²) in [4.78, 5) is 13.9. The first-order valence-electron chi connectivity index (χ1n) is 6.68. The topological polar surface area (TPSA) is 41.6 Å². The minimum atomic E-state index is -0.397. The highest BCUT2D eigenvalue weighted by Gasteiger charge is 2.31. The van der Waals surface area contributed by atoms with Crippen molar-refractivity contribution in [3.8, 4) is 0 Å². The van der Waals surface area contributed by atoms with Gasteiger partial charge in [-0.25, -0.2) is 4.79 Å². The van der Waals surface area contributed by atoms with E-state index < -0.39 is 5.60 Å². The van der Waals surface area contributed by atoms with Gasteiger partial charge in [-0.15, -0.1) is 0 Å². The van der Waals surface area contributed by atoms with E-state index in [2.05, 4.69) is 5.32 Å². The Bertz CT molecular complexity index is 286. The number of nitrogens with one attached hydrogen (secondary N) is 1. The Labute approximate surface area is 104 Å². The zero-order valence-corrected chi connectivity index (χ0v) is 11.2. The molecule has 0 aromatic heterocycles. The fourth-order valence-corrected chi connectivity index (χ4v) is 2.64. The molecule has 2 heterocycles. The number of hydrogen-bond acceptors (Lipinski definition) is 3. The first kappa shape index (κ1) is 12.7. The lowest BCUT2D eigenvalue weighted by Crippen LogP contribution is -2.45. The summed E-state index contributed by atoms with van der Waals surface area (Å²) in [5.41, 5.74) is -0.397. The van der Waals surface area contributed by atoms with Crippen LogP contribution < -0.4 is 5.32 Å². The number of amides is 1. The normalized spacial score (nSPS) is 29.7. The van der Waals surface area contributed by atoms with Crippen molar-refractivity contribution in [1.29, 1.82) is 0 Å². The van der Waals surface area contributed by atoms with Gasteiger partial charge in [0.2, 0.25) is 0 Å². The second kappa shape index (κ2) is 4.84. The van der Waals surface area contributed by atoms with Crippen molar-refractivity contribution in [2.24, 2.45) is 0 Å². The number of carbonyl (C=O) groups excluding carboxylic acids is 1. The summed E-state index contributed by atoms with van der Waals surface area (Å²) >= 11 is 0. The lowest BCUT2D eigenvalue weighted by molar-refractivity contribution is 0.0246. The predicted molar refractivity (Wildman–Crippen MR) is 67.0 cm³/mol. The van der Waals surface area contributed by atoms with E-state index in [-0.39, 0.29) is 6.09 Å². The third-order valence-corrected chi connectivity index (χ3v) is 3.42. The van der Waals surface area contributed by atoms with Crippen molar-refractivity contribution in [2.45, 2.75) is 64.1 Å². The molecule has 0 radical (unpaired) electrons. The summed E-state index contributed by atoms with van der Waals surface area (Å²) in [6.07, 6.45) is 4.60. The van der Waals surface area contributed by atoms with E-state index >= 15 is 0 Å². The van der Waals surface area contributed by atoms with E-state index in [1.54, 1.807) is 0 Å². The molecule has 0 aliphatic carbocycles. The second-order valence-electron chi connectivity index (χ2n) is 6.21. The maximum Gasteiger partial charge on any atom is 0.410 e. The molecule has 0 saturated carbocycles. The van der Waals surface area contributed by atoms with E-state index in [1.807, 2.05) is 25.7 Å². The van der Waals surface area contributed by atoms with Gasteiger partial charge in [0.15, 0.2) is 0 Å². The highest BCUT2D eigenvalue weighted by molar-refractivity contribution is 5.68. The largest absolute Gasteiger partial charge is 0.444 e. The number of piperidine rings is 1. The van der Waals surface area contributed by atoms with Gasteiger partial charge in [-0.2, -0.15) is 0 Å². The Balaban J connectivity index is 1.94. The molecular formula is C13H24N2O2. The van der Waals surface area contributed by atoms with Gasteiger partial charge < -0.3 is 15.0 Å². The molecule has 4 nitrogen and oxygen atoms in total. The van der Waals surface area contributed by atoms with Crippen molar-refractivity contribution in [3.63, 3.8) is 0 Å². The molecule has 2 atom stereocenters. The van der Waals surface area contributed by atoms with Crippen LogP contribution in [0.1, 0.15) is 46.5 Å². The van der Waals surface area contributed by atoms with E-state index in [0.717, 1.165) is 19.5 Å². The van der Waals surface area contributed by atoms with Crippen molar-refractivity contribution >= 4 is 6.09 Å². The number of fused-ring (bicyclic) bond motifs is 2. The van der Waals surface area contributed by atoms with Crippen LogP contribution in [0.2, 0.25) is 0 Å². The van der Waals surface area contributed by atoms with Crippen LogP contribution in [0.25, 0.3) is 0 Å². The molecule has 98 valence electrons. The molecule has 2 aliphatic rings. The molecule has 0 aromatic carbocycles. The van der Waals surface area contributed by atoms with Crippen LogP contribution in [-0.2, 0) is 4.74 Å². The molecule has 1 amide bonds. The molecule has 0 spiro atoms. The summed E-state index contributed by atoms with van der Waals surface area (Å²) < 4.78 is 5.44. The summed E-state index contributed by atoms with van der Waals surface area (Å²) in [7, 11) is 0. The number of hydrogen-bond donors (Lipinski definition) is 1. The predicted octanol–water partition coefficient (Wildman–Crippen LogP) is 2.14. The van der Waals surface area contributed by atoms with Crippen LogP contribution in [0, 0.1) is 0 Å². The Morgan fingerprint density at radius 2 is 1.94 bits per heavy atom. The quantitative estimate of drug-likeness (QED) is 0.705. The fraction of sp³-hybridized carbons (Fsp3) is 0.923. The third-order valence-electron chi connectivity index (χ3n) is 3.42. The first-order valence-corrected chi connectivity index (χ1v) is 6.68. The second-order valence-corrected chi connectivity index (χ2v) is 6.21. The monoisotopic (exact) mass is 240 g/mol. The van der Waals surface area contributed by atoms with Crippen LogP contribution >= 0.6 is 0 Å². The molecule has 0 aromatic rings. The van der Waals surface area contributed by atoms with Gasteiger partial charge in [-0.1, -0.05) is 6.42 Å². The molecule has 0 unspecified atom stereocenters. The molecular weight excluding hydrogens is 216 g/mol. The van der Waals surface area contributed by atoms with Gasteiger partial charge >= 0.3 is 6.09 Å². The van der Waals surface area contributed by atoms with Crippen LogP contribution in [-0.4, -0.2) is 41.8 Å². The highest BCUT2D eigenvalue weighted by atomic mass is 16.6. The number of nitrogens with zero attached hydrogens (tertiary/aromatic N) is 1. The fourth-order valence-electron chi connectivity index (χ4n) is 2.64. The highest BCUT2D eigenvalue weighted by Crippen LogP contribution is 2.21. The zero-order chi connectivity index (χ0) is 12.5. The van der Waals surface area contributed by atoms with Crippen LogP contribution in [0.4, 0.5) is 4.79 Å². The van der Waals surface area contributed by atoms with Crippen molar-refractivity contribution in [1.82, 2.24) is 10.2 Å². The Kier molecular flexibility index (Phi) is 3.61. The van der Waals surface area contributed by atoms with E-state index in [9.17, 15) is 4.79 Å². The summed E-state index contributed by atoms with van der Waals surface area (Å²) in [6, 6.07) is 1.06. The van der Waals surface area contributed by atoms with Crippen LogP contribution in [0.3, 0.4) is 0 Å². The Hall–Kier alpha value is -0.770. The Morgan fingerprint density at radius 1 is 1.24 bits per heavy atom. The first-order chi connectivity index (χ1) is 7.94. The summed E-state index contributed by atoms with van der Waals surface area (Å²) in [5.74, 6) is 0. The van der Waals surface area contributed by atoms with Gasteiger partial charge in [0.25, 0.3) is 0 Å². The van der Waals surface area contributed by atoms with Gasteiger partial charge in [0.1, 0.15) is 5.60 Å². The maximum atomic E-state index is 12.0. The molecule has 1 N–H and O–H groups in total. The SMILES string of the molecule is CC(C)(C)OC(=O)N1CC[C@H]2CCC[C@@H](C1)N2. The van der Waals surface area contributed by atoms with Gasteiger partial charge in [-0.05, 0) is 40.0 Å². The van der Waals surface area contributed by atoms with Gasteiger partial charge in [0, 0.05) is 25.2 Å². The lowest BCUT2D eigenvalue weighted by atomic mass is 9.98. The molecule has 2 saturated heterocycles. The lowest BCUT2D eigenvalue weighted by Gasteiger charge is -2.30. The molecule has 2 fully saturated rings. The van der Waals surface area contributed by atoms with E-state index in [1.165, 1.54) is 19.3 Å². The third kappa shape index (κ3) is 3.60. The Morgan fingerprint density at radius 3 is 2.65 bits per heavy atom. The summed E-state index contributed by atoms with van der Waals surface area (Å²) in [5, 5.41) is 3.61. The molecule has 2 bridgehead atoms. The minimum absolute atomic E-state index is 0.160. The van der Waals surface area contributed by atoms with Crippen LogP contribution in [0.5, 0.6) is 0 Å². The van der Waals surface area contributed by atoms with Crippen LogP contribution in [0.15, 0.2) is 0 Å². The van der Waals surface area contributed by atoms with E-state index in [0.29, 0.717) is 12.1 Å². The number of carbonyl (C=O) groups is 1. The maximum absolute atomic E-state index is 12.0. The number of rotatable bonds is 0. The standard InChI is InChI=1S/C13H24N2O2/c1-13(2,3)17-12(16)15-8-7-10-5-4-6-11(9-15)14-10/h10-11,14H,4-9H2,1-3H3/t10-,11+/m1/s1. The van der Waals surface area contributed by atoms with Crippen molar-refractivity contribution < 1.29 is 9.53 Å². The average molecular weight is 240 g/mol. The molecule has 2 aliphatic heterocycles. The zero-order valence-electron chi connectivity index (χ0n) is 11.2. The van der Waals surface area contributed by atoms with Crippen molar-refractivity contribution in [3.05, 3.63) is 0 Å². The molecule has 4 heteroatoms. The minimum Gasteiger partial charge on any atom is -0.444 e. The summed E-state index contributed by atoms with van der Waals surface area (Å²) in [6.45, 7) is 7.37. The smallest absolute Gasteiger partial charge is 0.410 e. The van der Waals surface area contributed by atoms with Gasteiger partial charge in [-0.3, -0.25) is 0 Å². The average Bonchev–Trinajstić information content (AvgIpc) is 2.35. The molecule has 2 rings (SSSR count). The van der Waals surface area contributed by atoms with Crippen molar-refractivity contribution in [2.75, 3.05) is 13.1 Å². The van der Waals surface area contributed by atoms with Gasteiger partial charge in [0.05, 0.1) is 0 Å². The number of ether oxygens (including phenoxy) is 1. The van der Waals surface area contributed by atoms with E-state index in [4.69, 9.17) is 4.74 Å². The molecule has 17 heavy (non-hydrogen) atoms.